The molecule has 0 bridgehead atoms. The number of aliphatic hydroxyl groups excluding tert-OH is 1. The van der Waals surface area contributed by atoms with Gasteiger partial charge in [0.25, 0.3) is 0 Å². The van der Waals surface area contributed by atoms with Crippen LogP contribution in [0.1, 0.15) is 18.2 Å². The monoisotopic (exact) mass is 506 g/mol. The summed E-state index contributed by atoms with van der Waals surface area (Å²) in [6.45, 7) is 3.53. The van der Waals surface area contributed by atoms with E-state index in [0.29, 0.717) is 31.4 Å². The molecule has 1 heterocycles. The van der Waals surface area contributed by atoms with Crippen LogP contribution < -0.4 is 10.6 Å². The Morgan fingerprint density at radius 3 is 2.45 bits per heavy atom. The molecule has 0 spiro atoms. The van der Waals surface area contributed by atoms with Crippen LogP contribution in [0, 0.1) is 0 Å². The smallest absolute Gasteiger partial charge is 0.226 e. The summed E-state index contributed by atoms with van der Waals surface area (Å²) in [5, 5.41) is 16.6. The summed E-state index contributed by atoms with van der Waals surface area (Å²) in [5.41, 5.74) is 2.79. The van der Waals surface area contributed by atoms with Crippen LogP contribution in [0.5, 0.6) is 0 Å². The van der Waals surface area contributed by atoms with Crippen molar-refractivity contribution in [3.63, 3.8) is 0 Å². The van der Waals surface area contributed by atoms with Gasteiger partial charge in [-0.3, -0.25) is 0 Å². The van der Waals surface area contributed by atoms with E-state index in [4.69, 9.17) is 4.42 Å². The summed E-state index contributed by atoms with van der Waals surface area (Å²) in [6.07, 6.45) is 1.72. The average Bonchev–Trinajstić information content (AvgIpc) is 3.20. The summed E-state index contributed by atoms with van der Waals surface area (Å²) in [6, 6.07) is 19.7. The summed E-state index contributed by atoms with van der Waals surface area (Å²) >= 11 is 0. The second-order valence-corrected chi connectivity index (χ2v) is 6.43. The lowest BCUT2D eigenvalue weighted by molar-refractivity contribution is 0.177. The minimum absolute atomic E-state index is 0. The van der Waals surface area contributed by atoms with E-state index in [9.17, 15) is 5.11 Å². The molecule has 7 heteroatoms. The number of nitrogens with zero attached hydrogens (tertiary/aromatic N) is 2. The number of aromatic nitrogens is 1. The van der Waals surface area contributed by atoms with E-state index in [1.54, 1.807) is 6.26 Å². The van der Waals surface area contributed by atoms with Gasteiger partial charge in [0.1, 0.15) is 12.0 Å². The number of hydrogen-bond acceptors (Lipinski definition) is 4. The van der Waals surface area contributed by atoms with Crippen molar-refractivity contribution in [1.29, 1.82) is 0 Å². The van der Waals surface area contributed by atoms with Crippen molar-refractivity contribution in [3.05, 3.63) is 78.2 Å². The number of oxazole rings is 1. The average molecular weight is 506 g/mol. The normalized spacial score (nSPS) is 12.1. The molecule has 29 heavy (non-hydrogen) atoms. The van der Waals surface area contributed by atoms with Gasteiger partial charge in [-0.25, -0.2) is 9.98 Å². The standard InChI is InChI=1S/C22H26N4O2.HI/c1-2-23-22(25-15-20(27)13-17-9-5-3-6-10-17)24-14-19-16-28-21(26-19)18-11-7-4-8-12-18;/h3-12,16,20,27H,2,13-15H2,1H3,(H2,23,24,25);1H. The minimum atomic E-state index is -0.497. The summed E-state index contributed by atoms with van der Waals surface area (Å²) in [5.74, 6) is 1.22. The molecule has 0 saturated heterocycles. The zero-order valence-electron chi connectivity index (χ0n) is 16.4. The summed E-state index contributed by atoms with van der Waals surface area (Å²) < 4.78 is 5.55. The lowest BCUT2D eigenvalue weighted by Crippen LogP contribution is -2.41. The van der Waals surface area contributed by atoms with Crippen LogP contribution >= 0.6 is 24.0 Å². The fraction of sp³-hybridized carbons (Fsp3) is 0.273. The molecule has 0 aliphatic heterocycles. The van der Waals surface area contributed by atoms with Crippen molar-refractivity contribution < 1.29 is 9.52 Å². The van der Waals surface area contributed by atoms with Crippen LogP contribution in [0.25, 0.3) is 11.5 Å². The number of guanidine groups is 1. The van der Waals surface area contributed by atoms with Gasteiger partial charge in [-0.15, -0.1) is 24.0 Å². The number of aliphatic hydroxyl groups is 1. The van der Waals surface area contributed by atoms with Crippen LogP contribution in [-0.4, -0.2) is 35.2 Å². The van der Waals surface area contributed by atoms with Crippen LogP contribution in [0.2, 0.25) is 0 Å². The number of aliphatic imine (C=N–C) groups is 1. The molecule has 1 unspecified atom stereocenters. The number of hydrogen-bond donors (Lipinski definition) is 3. The van der Waals surface area contributed by atoms with E-state index >= 15 is 0 Å². The zero-order valence-corrected chi connectivity index (χ0v) is 18.7. The maximum atomic E-state index is 10.3. The Labute approximate surface area is 188 Å². The van der Waals surface area contributed by atoms with Gasteiger partial charge in [-0.1, -0.05) is 48.5 Å². The maximum absolute atomic E-state index is 10.3. The van der Waals surface area contributed by atoms with Crippen molar-refractivity contribution in [2.75, 3.05) is 13.1 Å². The van der Waals surface area contributed by atoms with Gasteiger partial charge in [-0.2, -0.15) is 0 Å². The van der Waals surface area contributed by atoms with Gasteiger partial charge in [-0.05, 0) is 24.6 Å². The van der Waals surface area contributed by atoms with Crippen molar-refractivity contribution in [2.24, 2.45) is 4.99 Å². The molecule has 0 radical (unpaired) electrons. The molecule has 1 aromatic heterocycles. The third-order valence-corrected chi connectivity index (χ3v) is 4.14. The topological polar surface area (TPSA) is 82.7 Å². The minimum Gasteiger partial charge on any atom is -0.444 e. The Bertz CT molecular complexity index is 869. The number of rotatable bonds is 8. The van der Waals surface area contributed by atoms with Crippen LogP contribution in [0.4, 0.5) is 0 Å². The van der Waals surface area contributed by atoms with E-state index in [1.807, 2.05) is 67.6 Å². The Kier molecular flexibility index (Phi) is 9.66. The van der Waals surface area contributed by atoms with Crippen molar-refractivity contribution in [1.82, 2.24) is 15.6 Å². The third-order valence-electron chi connectivity index (χ3n) is 4.14. The molecule has 0 aliphatic rings. The molecule has 0 saturated carbocycles. The lowest BCUT2D eigenvalue weighted by Gasteiger charge is -2.15. The highest BCUT2D eigenvalue weighted by atomic mass is 127. The molecule has 3 N–H and O–H groups in total. The predicted octanol–water partition coefficient (Wildman–Crippen LogP) is 3.62. The fourth-order valence-electron chi connectivity index (χ4n) is 2.77. The maximum Gasteiger partial charge on any atom is 0.226 e. The first-order valence-electron chi connectivity index (χ1n) is 9.48. The predicted molar refractivity (Wildman–Crippen MR) is 126 cm³/mol. The SMILES string of the molecule is CCNC(=NCc1coc(-c2ccccc2)n1)NCC(O)Cc1ccccc1.I. The first-order valence-corrected chi connectivity index (χ1v) is 9.48. The highest BCUT2D eigenvalue weighted by molar-refractivity contribution is 14.0. The molecular formula is C22H27IN4O2. The quantitative estimate of drug-likeness (QED) is 0.247. The van der Waals surface area contributed by atoms with Crippen LogP contribution in [0.3, 0.4) is 0 Å². The first-order chi connectivity index (χ1) is 13.7. The summed E-state index contributed by atoms with van der Waals surface area (Å²) in [4.78, 5) is 9.02. The highest BCUT2D eigenvalue weighted by Crippen LogP contribution is 2.18. The molecule has 0 fully saturated rings. The lowest BCUT2D eigenvalue weighted by atomic mass is 10.1. The molecule has 3 rings (SSSR count). The summed E-state index contributed by atoms with van der Waals surface area (Å²) in [7, 11) is 0. The highest BCUT2D eigenvalue weighted by Gasteiger charge is 2.08. The van der Waals surface area contributed by atoms with Crippen LogP contribution in [-0.2, 0) is 13.0 Å². The van der Waals surface area contributed by atoms with Gasteiger partial charge >= 0.3 is 0 Å². The fourth-order valence-corrected chi connectivity index (χ4v) is 2.77. The van der Waals surface area contributed by atoms with Gasteiger partial charge in [0.15, 0.2) is 5.96 Å². The van der Waals surface area contributed by atoms with Gasteiger partial charge in [0, 0.05) is 25.1 Å². The van der Waals surface area contributed by atoms with Gasteiger partial charge in [0.05, 0.1) is 12.6 Å². The molecule has 6 nitrogen and oxygen atoms in total. The first kappa shape index (κ1) is 22.9. The van der Waals surface area contributed by atoms with E-state index in [-0.39, 0.29) is 24.0 Å². The van der Waals surface area contributed by atoms with Gasteiger partial charge in [0.2, 0.25) is 5.89 Å². The second-order valence-electron chi connectivity index (χ2n) is 6.43. The van der Waals surface area contributed by atoms with Gasteiger partial charge < -0.3 is 20.2 Å². The third kappa shape index (κ3) is 7.51. The largest absolute Gasteiger partial charge is 0.444 e. The van der Waals surface area contributed by atoms with E-state index < -0.39 is 6.10 Å². The molecule has 0 aliphatic carbocycles. The van der Waals surface area contributed by atoms with Crippen molar-refractivity contribution in [2.45, 2.75) is 26.0 Å². The van der Waals surface area contributed by atoms with Crippen molar-refractivity contribution >= 4 is 29.9 Å². The zero-order chi connectivity index (χ0) is 19.6. The number of halogens is 1. The van der Waals surface area contributed by atoms with Crippen molar-refractivity contribution in [3.8, 4) is 11.5 Å². The second kappa shape index (κ2) is 12.2. The molecular weight excluding hydrogens is 479 g/mol. The molecule has 3 aromatic rings. The Balaban J connectivity index is 0.00000300. The molecule has 1 atom stereocenters. The molecule has 2 aromatic carbocycles. The molecule has 0 amide bonds. The van der Waals surface area contributed by atoms with E-state index in [1.165, 1.54) is 0 Å². The van der Waals surface area contributed by atoms with E-state index in [2.05, 4.69) is 20.6 Å². The van der Waals surface area contributed by atoms with E-state index in [0.717, 1.165) is 23.4 Å². The Morgan fingerprint density at radius 1 is 1.07 bits per heavy atom. The Hall–Kier alpha value is -2.39. The number of nitrogens with one attached hydrogen (secondary N) is 2. The number of benzene rings is 2. The molecule has 154 valence electrons. The van der Waals surface area contributed by atoms with Crippen LogP contribution in [0.15, 0.2) is 76.3 Å². The Morgan fingerprint density at radius 2 is 1.76 bits per heavy atom.